The fourth-order valence-corrected chi connectivity index (χ4v) is 5.31. The number of hydrogen-bond acceptors (Lipinski definition) is 4. The number of aliphatic hydroxyl groups excluding tert-OH is 2. The maximum atomic E-state index is 12.0. The van der Waals surface area contributed by atoms with Gasteiger partial charge >= 0.3 is 0 Å². The molecule has 0 heterocycles. The van der Waals surface area contributed by atoms with E-state index in [0.29, 0.717) is 12.1 Å². The molecule has 4 nitrogen and oxygen atoms in total. The summed E-state index contributed by atoms with van der Waals surface area (Å²) in [5.74, 6) is -1.14. The van der Waals surface area contributed by atoms with Crippen molar-refractivity contribution in [3.05, 3.63) is 71.3 Å². The number of aryl methyl sites for hydroxylation is 1. The number of hydrogen-bond donors (Lipinski definition) is 4. The third kappa shape index (κ3) is 2.98. The summed E-state index contributed by atoms with van der Waals surface area (Å²) < 4.78 is 0. The van der Waals surface area contributed by atoms with Crippen molar-refractivity contribution < 1.29 is 15.3 Å². The quantitative estimate of drug-likeness (QED) is 0.577. The van der Waals surface area contributed by atoms with Crippen LogP contribution in [0.1, 0.15) is 37.0 Å². The Kier molecular flexibility index (Phi) is 5.76. The molecular formula is C25H33NO3. The van der Waals surface area contributed by atoms with Gasteiger partial charge in [-0.3, -0.25) is 0 Å². The maximum Gasteiger partial charge on any atom is 0.112 e. The molecule has 5 N–H and O–H groups in total. The zero-order valence-corrected chi connectivity index (χ0v) is 17.7. The molecule has 0 amide bonds. The van der Waals surface area contributed by atoms with Crippen LogP contribution in [0.5, 0.6) is 0 Å². The van der Waals surface area contributed by atoms with Crippen LogP contribution in [-0.2, 0) is 0 Å². The first-order valence-electron chi connectivity index (χ1n) is 10.2. The molecule has 0 spiro atoms. The molecule has 0 bridgehead atoms. The second kappa shape index (κ2) is 7.69. The number of aliphatic hydroxyl groups is 3. The standard InChI is InChI=1S/C25H33NO3/c1-13-8-7-9-19-15(3)23-22(16(4)21(13)19)18(6)25(29,17(5)14(2)12-26)20(10-11-27)24(23)28/h7-9,14,20,23-24,27-29H,3-5,10-12,26H2,1-2,6H3/t14?,20-,23-,24-,25-/m1/s1. The minimum absolute atomic E-state index is 0.144. The highest BCUT2D eigenvalue weighted by molar-refractivity contribution is 5.96. The van der Waals surface area contributed by atoms with Gasteiger partial charge in [0.1, 0.15) is 5.60 Å². The van der Waals surface area contributed by atoms with E-state index in [-0.39, 0.29) is 24.9 Å². The van der Waals surface area contributed by atoms with Gasteiger partial charge in [0.2, 0.25) is 0 Å². The van der Waals surface area contributed by atoms with E-state index in [9.17, 15) is 15.3 Å². The van der Waals surface area contributed by atoms with Gasteiger partial charge in [0.25, 0.3) is 0 Å². The van der Waals surface area contributed by atoms with Crippen molar-refractivity contribution in [1.82, 2.24) is 0 Å². The van der Waals surface area contributed by atoms with E-state index in [1.165, 1.54) is 0 Å². The first-order chi connectivity index (χ1) is 13.6. The van der Waals surface area contributed by atoms with Crippen LogP contribution in [0.15, 0.2) is 54.7 Å². The molecule has 4 heteroatoms. The van der Waals surface area contributed by atoms with E-state index in [1.807, 2.05) is 39.0 Å². The van der Waals surface area contributed by atoms with E-state index in [1.54, 1.807) is 0 Å². The molecule has 5 atom stereocenters. The third-order valence-electron chi connectivity index (χ3n) is 7.08. The zero-order valence-electron chi connectivity index (χ0n) is 17.7. The van der Waals surface area contributed by atoms with Crippen LogP contribution in [0.2, 0.25) is 0 Å². The first-order valence-corrected chi connectivity index (χ1v) is 10.2. The van der Waals surface area contributed by atoms with E-state index in [4.69, 9.17) is 5.73 Å². The summed E-state index contributed by atoms with van der Waals surface area (Å²) in [5, 5.41) is 33.1. The van der Waals surface area contributed by atoms with Crippen LogP contribution < -0.4 is 5.73 Å². The lowest BCUT2D eigenvalue weighted by Crippen LogP contribution is -2.55. The van der Waals surface area contributed by atoms with Crippen molar-refractivity contribution in [3.63, 3.8) is 0 Å². The summed E-state index contributed by atoms with van der Waals surface area (Å²) in [6.45, 7) is 18.9. The molecule has 29 heavy (non-hydrogen) atoms. The molecule has 156 valence electrons. The van der Waals surface area contributed by atoms with Crippen molar-refractivity contribution in [2.45, 2.75) is 38.9 Å². The van der Waals surface area contributed by atoms with Crippen LogP contribution in [-0.4, -0.2) is 40.2 Å². The average molecular weight is 396 g/mol. The summed E-state index contributed by atoms with van der Waals surface area (Å²) in [5.41, 5.74) is 11.2. The van der Waals surface area contributed by atoms with Crippen molar-refractivity contribution >= 4 is 11.1 Å². The topological polar surface area (TPSA) is 86.7 Å². The van der Waals surface area contributed by atoms with Gasteiger partial charge in [-0.05, 0) is 77.3 Å². The number of allylic oxidation sites excluding steroid dienone is 1. The van der Waals surface area contributed by atoms with E-state index in [0.717, 1.165) is 39.0 Å². The predicted octanol–water partition coefficient (Wildman–Crippen LogP) is 3.22. The Labute approximate surface area is 173 Å². The molecular weight excluding hydrogens is 362 g/mol. The smallest absolute Gasteiger partial charge is 0.112 e. The highest BCUT2D eigenvalue weighted by Gasteiger charge is 2.54. The second-order valence-corrected chi connectivity index (χ2v) is 8.56. The zero-order chi connectivity index (χ0) is 21.7. The van der Waals surface area contributed by atoms with Crippen LogP contribution in [0.4, 0.5) is 0 Å². The van der Waals surface area contributed by atoms with Gasteiger partial charge in [-0.2, -0.15) is 0 Å². The predicted molar refractivity (Wildman–Crippen MR) is 119 cm³/mol. The molecule has 0 saturated carbocycles. The van der Waals surface area contributed by atoms with Gasteiger partial charge in [0, 0.05) is 18.4 Å². The van der Waals surface area contributed by atoms with Crippen LogP contribution in [0, 0.1) is 24.7 Å². The number of fused-ring (bicyclic) bond motifs is 2. The normalized spacial score (nSPS) is 30.1. The summed E-state index contributed by atoms with van der Waals surface area (Å²) in [4.78, 5) is 0. The molecule has 1 aromatic carbocycles. The van der Waals surface area contributed by atoms with Crippen molar-refractivity contribution in [1.29, 1.82) is 0 Å². The third-order valence-corrected chi connectivity index (χ3v) is 7.08. The molecule has 0 saturated heterocycles. The summed E-state index contributed by atoms with van der Waals surface area (Å²) in [6, 6.07) is 6.02. The highest BCUT2D eigenvalue weighted by atomic mass is 16.3. The Hall–Kier alpha value is -1.98. The maximum absolute atomic E-state index is 12.0. The first kappa shape index (κ1) is 21.7. The Morgan fingerprint density at radius 3 is 2.52 bits per heavy atom. The van der Waals surface area contributed by atoms with Crippen LogP contribution in [0.25, 0.3) is 11.1 Å². The minimum Gasteiger partial charge on any atom is -0.396 e. The van der Waals surface area contributed by atoms with Gasteiger partial charge in [-0.25, -0.2) is 0 Å². The number of benzene rings is 1. The van der Waals surface area contributed by atoms with Crippen molar-refractivity contribution in [2.24, 2.45) is 23.5 Å². The SMILES string of the molecule is C=C1C2=C(C)[C@](O)(C(=C)C(C)CN)[C@H](CCO)[C@@H](O)[C@@H]2C(=C)c2cccc(C)c21. The van der Waals surface area contributed by atoms with Gasteiger partial charge < -0.3 is 21.1 Å². The van der Waals surface area contributed by atoms with Crippen LogP contribution in [0.3, 0.4) is 0 Å². The molecule has 3 rings (SSSR count). The average Bonchev–Trinajstić information content (AvgIpc) is 2.70. The molecule has 2 aliphatic carbocycles. The second-order valence-electron chi connectivity index (χ2n) is 8.56. The highest BCUT2D eigenvalue weighted by Crippen LogP contribution is 2.56. The lowest BCUT2D eigenvalue weighted by Gasteiger charge is -2.52. The molecule has 2 aliphatic rings. The molecule has 1 aromatic rings. The lowest BCUT2D eigenvalue weighted by molar-refractivity contribution is -0.0570. The van der Waals surface area contributed by atoms with E-state index in [2.05, 4.69) is 19.7 Å². The fourth-order valence-electron chi connectivity index (χ4n) is 5.31. The monoisotopic (exact) mass is 395 g/mol. The lowest BCUT2D eigenvalue weighted by atomic mass is 9.56. The van der Waals surface area contributed by atoms with Gasteiger partial charge in [-0.1, -0.05) is 44.9 Å². The van der Waals surface area contributed by atoms with Crippen molar-refractivity contribution in [3.8, 4) is 0 Å². The summed E-state index contributed by atoms with van der Waals surface area (Å²) in [6.07, 6.45) is -0.680. The molecule has 0 radical (unpaired) electrons. The van der Waals surface area contributed by atoms with Crippen LogP contribution >= 0.6 is 0 Å². The molecule has 0 aromatic heterocycles. The van der Waals surface area contributed by atoms with Gasteiger partial charge in [-0.15, -0.1) is 0 Å². The molecule has 0 fully saturated rings. The molecule has 0 aliphatic heterocycles. The van der Waals surface area contributed by atoms with Gasteiger partial charge in [0.15, 0.2) is 0 Å². The number of rotatable bonds is 5. The van der Waals surface area contributed by atoms with E-state index >= 15 is 0 Å². The minimum atomic E-state index is -1.48. The number of nitrogens with two attached hydrogens (primary N) is 1. The Bertz CT molecular complexity index is 913. The summed E-state index contributed by atoms with van der Waals surface area (Å²) >= 11 is 0. The van der Waals surface area contributed by atoms with Gasteiger partial charge in [0.05, 0.1) is 6.10 Å². The Morgan fingerprint density at radius 1 is 1.28 bits per heavy atom. The van der Waals surface area contributed by atoms with E-state index < -0.39 is 17.6 Å². The Balaban J connectivity index is 2.31. The fraction of sp³-hybridized carbons (Fsp3) is 0.440. The van der Waals surface area contributed by atoms with Crippen molar-refractivity contribution in [2.75, 3.05) is 13.2 Å². The largest absolute Gasteiger partial charge is 0.396 e. The Morgan fingerprint density at radius 2 is 1.93 bits per heavy atom. The summed E-state index contributed by atoms with van der Waals surface area (Å²) in [7, 11) is 0. The molecule has 1 unspecified atom stereocenters.